The van der Waals surface area contributed by atoms with Crippen molar-refractivity contribution in [1.29, 1.82) is 0 Å². The summed E-state index contributed by atoms with van der Waals surface area (Å²) in [6.45, 7) is 4.62. The van der Waals surface area contributed by atoms with Gasteiger partial charge in [0.2, 0.25) is 0 Å². The summed E-state index contributed by atoms with van der Waals surface area (Å²) in [6, 6.07) is 8.58. The minimum atomic E-state index is -0.0618. The summed E-state index contributed by atoms with van der Waals surface area (Å²) >= 11 is 3.47. The van der Waals surface area contributed by atoms with Gasteiger partial charge in [-0.3, -0.25) is 4.90 Å². The monoisotopic (exact) mass is 342 g/mol. The molecule has 0 spiro atoms. The van der Waals surface area contributed by atoms with Gasteiger partial charge in [0.15, 0.2) is 0 Å². The van der Waals surface area contributed by atoms with Crippen molar-refractivity contribution in [3.63, 3.8) is 0 Å². The van der Waals surface area contributed by atoms with E-state index in [0.717, 1.165) is 29.5 Å². The van der Waals surface area contributed by atoms with Crippen LogP contribution in [0.5, 0.6) is 0 Å². The van der Waals surface area contributed by atoms with Gasteiger partial charge >= 0.3 is 0 Å². The number of aliphatic hydroxyl groups is 1. The largest absolute Gasteiger partial charge is 0.394 e. The van der Waals surface area contributed by atoms with E-state index in [2.05, 4.69) is 39.9 Å². The van der Waals surface area contributed by atoms with Gasteiger partial charge < -0.3 is 15.6 Å². The lowest BCUT2D eigenvalue weighted by Gasteiger charge is -2.37. The zero-order valence-corrected chi connectivity index (χ0v) is 13.4. The smallest absolute Gasteiger partial charge is 0.0933 e. The van der Waals surface area contributed by atoms with Crippen LogP contribution in [0.3, 0.4) is 0 Å². The number of aliphatic hydroxyl groups excluding tert-OH is 1. The molecule has 112 valence electrons. The molecule has 1 fully saturated rings. The summed E-state index contributed by atoms with van der Waals surface area (Å²) in [5, 5.41) is 9.20. The molecule has 0 aliphatic carbocycles. The summed E-state index contributed by atoms with van der Waals surface area (Å²) < 4.78 is 6.61. The summed E-state index contributed by atoms with van der Waals surface area (Å²) in [5.41, 5.74) is 7.42. The van der Waals surface area contributed by atoms with Crippen LogP contribution in [0.25, 0.3) is 0 Å². The second kappa shape index (κ2) is 7.52. The molecule has 1 heterocycles. The van der Waals surface area contributed by atoms with Crippen molar-refractivity contribution in [2.24, 2.45) is 5.73 Å². The van der Waals surface area contributed by atoms with Gasteiger partial charge in [-0.1, -0.05) is 28.1 Å². The molecule has 3 unspecified atom stereocenters. The van der Waals surface area contributed by atoms with E-state index in [9.17, 15) is 5.11 Å². The van der Waals surface area contributed by atoms with Crippen LogP contribution in [0.1, 0.15) is 24.9 Å². The Bertz CT molecular complexity index is 430. The van der Waals surface area contributed by atoms with Crippen LogP contribution >= 0.6 is 15.9 Å². The molecule has 1 aliphatic rings. The molecule has 3 atom stereocenters. The van der Waals surface area contributed by atoms with Crippen LogP contribution in [0.4, 0.5) is 0 Å². The molecule has 2 rings (SSSR count). The second-order valence-electron chi connectivity index (χ2n) is 5.43. The van der Waals surface area contributed by atoms with Crippen molar-refractivity contribution in [3.8, 4) is 0 Å². The molecule has 0 aromatic heterocycles. The first-order chi connectivity index (χ1) is 9.60. The number of hydrogen-bond donors (Lipinski definition) is 2. The number of nitrogens with two attached hydrogens (primary N) is 1. The minimum absolute atomic E-state index is 0.0371. The predicted molar refractivity (Wildman–Crippen MR) is 83.5 cm³/mol. The molecule has 0 amide bonds. The van der Waals surface area contributed by atoms with Gasteiger partial charge in [0, 0.05) is 29.6 Å². The second-order valence-corrected chi connectivity index (χ2v) is 6.35. The summed E-state index contributed by atoms with van der Waals surface area (Å²) in [5.74, 6) is 0. The minimum Gasteiger partial charge on any atom is -0.394 e. The third kappa shape index (κ3) is 4.27. The molecule has 1 saturated heterocycles. The van der Waals surface area contributed by atoms with E-state index >= 15 is 0 Å². The van der Waals surface area contributed by atoms with Crippen molar-refractivity contribution in [2.75, 3.05) is 26.3 Å². The number of nitrogens with zero attached hydrogens (tertiary/aromatic N) is 1. The van der Waals surface area contributed by atoms with E-state index in [1.54, 1.807) is 0 Å². The third-order valence-electron chi connectivity index (χ3n) is 3.84. The average molecular weight is 343 g/mol. The first kappa shape index (κ1) is 15.9. The third-order valence-corrected chi connectivity index (χ3v) is 4.34. The molecule has 20 heavy (non-hydrogen) atoms. The van der Waals surface area contributed by atoms with Crippen LogP contribution in [-0.2, 0) is 4.74 Å². The van der Waals surface area contributed by atoms with E-state index in [-0.39, 0.29) is 18.8 Å². The van der Waals surface area contributed by atoms with Gasteiger partial charge in [0.25, 0.3) is 0 Å². The van der Waals surface area contributed by atoms with Crippen molar-refractivity contribution in [3.05, 3.63) is 34.3 Å². The van der Waals surface area contributed by atoms with Gasteiger partial charge in [-0.05, 0) is 31.0 Å². The Morgan fingerprint density at radius 3 is 3.05 bits per heavy atom. The van der Waals surface area contributed by atoms with E-state index in [0.29, 0.717) is 12.6 Å². The number of benzene rings is 1. The lowest BCUT2D eigenvalue weighted by molar-refractivity contribution is -0.0782. The van der Waals surface area contributed by atoms with Crippen LogP contribution in [0.15, 0.2) is 28.7 Å². The van der Waals surface area contributed by atoms with Crippen molar-refractivity contribution < 1.29 is 9.84 Å². The lowest BCUT2D eigenvalue weighted by Crippen LogP contribution is -2.50. The Labute approximate surface area is 129 Å². The number of hydrogen-bond acceptors (Lipinski definition) is 4. The summed E-state index contributed by atoms with van der Waals surface area (Å²) in [6.07, 6.45) is 0.840. The van der Waals surface area contributed by atoms with E-state index in [4.69, 9.17) is 10.5 Å². The van der Waals surface area contributed by atoms with Crippen molar-refractivity contribution in [1.82, 2.24) is 4.90 Å². The van der Waals surface area contributed by atoms with Gasteiger partial charge in [-0.25, -0.2) is 0 Å². The quantitative estimate of drug-likeness (QED) is 0.858. The highest BCUT2D eigenvalue weighted by molar-refractivity contribution is 9.10. The average Bonchev–Trinajstić information content (AvgIpc) is 2.46. The van der Waals surface area contributed by atoms with Crippen LogP contribution < -0.4 is 5.73 Å². The first-order valence-electron chi connectivity index (χ1n) is 7.07. The van der Waals surface area contributed by atoms with Gasteiger partial charge in [0.05, 0.1) is 19.3 Å². The van der Waals surface area contributed by atoms with Gasteiger partial charge in [-0.2, -0.15) is 0 Å². The predicted octanol–water partition coefficient (Wildman–Crippen LogP) is 1.92. The molecular weight excluding hydrogens is 320 g/mol. The van der Waals surface area contributed by atoms with Crippen molar-refractivity contribution in [2.45, 2.75) is 31.5 Å². The van der Waals surface area contributed by atoms with Gasteiger partial charge in [-0.15, -0.1) is 0 Å². The number of rotatable bonds is 5. The molecule has 1 aromatic rings. The molecule has 1 aromatic carbocycles. The Kier molecular flexibility index (Phi) is 5.99. The fourth-order valence-corrected chi connectivity index (χ4v) is 2.92. The molecular formula is C15H23BrN2O2. The lowest BCUT2D eigenvalue weighted by atomic mass is 10.0. The molecule has 5 heteroatoms. The fourth-order valence-electron chi connectivity index (χ4n) is 2.51. The summed E-state index contributed by atoms with van der Waals surface area (Å²) in [7, 11) is 0. The van der Waals surface area contributed by atoms with Crippen molar-refractivity contribution >= 4 is 15.9 Å². The van der Waals surface area contributed by atoms with Crippen LogP contribution in [0.2, 0.25) is 0 Å². The number of halogens is 1. The van der Waals surface area contributed by atoms with E-state index < -0.39 is 0 Å². The standard InChI is InChI=1S/C15H23BrN2O2/c1-11-10-20-14(9-19)8-18(11)6-5-15(17)12-3-2-4-13(16)7-12/h2-4,7,11,14-15,19H,5-6,8-10,17H2,1H3. The topological polar surface area (TPSA) is 58.7 Å². The fraction of sp³-hybridized carbons (Fsp3) is 0.600. The highest BCUT2D eigenvalue weighted by atomic mass is 79.9. The Balaban J connectivity index is 1.87. The Hall–Kier alpha value is -0.460. The van der Waals surface area contributed by atoms with E-state index in [1.807, 2.05) is 12.1 Å². The van der Waals surface area contributed by atoms with Crippen LogP contribution in [0, 0.1) is 0 Å². The first-order valence-corrected chi connectivity index (χ1v) is 7.87. The maximum Gasteiger partial charge on any atom is 0.0933 e. The SMILES string of the molecule is CC1COC(CO)CN1CCC(N)c1cccc(Br)c1. The van der Waals surface area contributed by atoms with E-state index in [1.165, 1.54) is 0 Å². The molecule has 3 N–H and O–H groups in total. The maximum atomic E-state index is 9.20. The maximum absolute atomic E-state index is 9.20. The Morgan fingerprint density at radius 2 is 2.35 bits per heavy atom. The Morgan fingerprint density at radius 1 is 1.55 bits per heavy atom. The molecule has 4 nitrogen and oxygen atoms in total. The highest BCUT2D eigenvalue weighted by Gasteiger charge is 2.25. The van der Waals surface area contributed by atoms with Crippen LogP contribution in [-0.4, -0.2) is 48.5 Å². The van der Waals surface area contributed by atoms with Gasteiger partial charge in [0.1, 0.15) is 0 Å². The molecule has 0 saturated carbocycles. The normalized spacial score (nSPS) is 25.6. The molecule has 0 radical (unpaired) electrons. The number of morpholine rings is 1. The molecule has 0 bridgehead atoms. The number of ether oxygens (including phenoxy) is 1. The highest BCUT2D eigenvalue weighted by Crippen LogP contribution is 2.20. The zero-order valence-electron chi connectivity index (χ0n) is 11.8. The summed E-state index contributed by atoms with van der Waals surface area (Å²) in [4.78, 5) is 2.35. The zero-order chi connectivity index (χ0) is 14.5. The molecule has 1 aliphatic heterocycles.